The predicted octanol–water partition coefficient (Wildman–Crippen LogP) is 4.25. The number of aromatic amines is 1. The molecule has 1 saturated heterocycles. The molecule has 0 unspecified atom stereocenters. The number of hydrogen-bond acceptors (Lipinski definition) is 5. The Labute approximate surface area is 167 Å². The van der Waals surface area contributed by atoms with Crippen molar-refractivity contribution in [1.29, 1.82) is 0 Å². The van der Waals surface area contributed by atoms with Gasteiger partial charge in [0.2, 0.25) is 5.91 Å². The highest BCUT2D eigenvalue weighted by Gasteiger charge is 2.17. The number of carbonyl (C=O) groups excluding carboxylic acids is 2. The Morgan fingerprint density at radius 3 is 2.48 bits per heavy atom. The van der Waals surface area contributed by atoms with Gasteiger partial charge in [-0.3, -0.25) is 14.9 Å². The SMILES string of the molecule is C=O.O=C1CCCCCCN1c1ccc(-c2nc3ccc([N+](=O)[O-])cc3[nH]2)cc1. The van der Waals surface area contributed by atoms with Crippen LogP contribution in [-0.2, 0) is 9.59 Å². The van der Waals surface area contributed by atoms with Gasteiger partial charge in [-0.25, -0.2) is 4.98 Å². The molecule has 0 atom stereocenters. The minimum absolute atomic E-state index is 0.0312. The second-order valence-corrected chi connectivity index (χ2v) is 6.80. The van der Waals surface area contributed by atoms with E-state index < -0.39 is 4.92 Å². The summed E-state index contributed by atoms with van der Waals surface area (Å²) in [5, 5.41) is 10.9. The number of hydrogen-bond donors (Lipinski definition) is 1. The van der Waals surface area contributed by atoms with Gasteiger partial charge in [0.1, 0.15) is 12.6 Å². The normalized spacial score (nSPS) is 14.6. The largest absolute Gasteiger partial charge is 0.338 e. The first-order valence-electron chi connectivity index (χ1n) is 9.46. The van der Waals surface area contributed by atoms with Crippen LogP contribution in [0.3, 0.4) is 0 Å². The van der Waals surface area contributed by atoms with Gasteiger partial charge in [0.25, 0.3) is 5.69 Å². The molecule has 0 bridgehead atoms. The fourth-order valence-corrected chi connectivity index (χ4v) is 3.48. The quantitative estimate of drug-likeness (QED) is 0.527. The molecular weight excluding hydrogens is 372 g/mol. The van der Waals surface area contributed by atoms with E-state index in [9.17, 15) is 14.9 Å². The highest BCUT2D eigenvalue weighted by atomic mass is 16.6. The second-order valence-electron chi connectivity index (χ2n) is 6.80. The molecule has 0 radical (unpaired) electrons. The highest BCUT2D eigenvalue weighted by Crippen LogP contribution is 2.26. The number of benzene rings is 2. The average molecular weight is 394 g/mol. The Balaban J connectivity index is 0.00000117. The molecule has 0 aliphatic carbocycles. The van der Waals surface area contributed by atoms with Crippen molar-refractivity contribution >= 4 is 35.1 Å². The van der Waals surface area contributed by atoms with Crippen molar-refractivity contribution in [2.75, 3.05) is 11.4 Å². The molecule has 0 spiro atoms. The molecule has 150 valence electrons. The van der Waals surface area contributed by atoms with Crippen molar-refractivity contribution in [1.82, 2.24) is 9.97 Å². The molecule has 1 amide bonds. The summed E-state index contributed by atoms with van der Waals surface area (Å²) in [5.74, 6) is 0.828. The fourth-order valence-electron chi connectivity index (χ4n) is 3.48. The molecule has 29 heavy (non-hydrogen) atoms. The summed E-state index contributed by atoms with van der Waals surface area (Å²) >= 11 is 0. The van der Waals surface area contributed by atoms with Crippen LogP contribution in [0.2, 0.25) is 0 Å². The second kappa shape index (κ2) is 9.09. The summed E-state index contributed by atoms with van der Waals surface area (Å²) in [6.07, 6.45) is 4.87. The zero-order valence-corrected chi connectivity index (χ0v) is 16.0. The van der Waals surface area contributed by atoms with E-state index in [4.69, 9.17) is 4.79 Å². The molecule has 0 saturated carbocycles. The van der Waals surface area contributed by atoms with E-state index in [1.165, 1.54) is 12.1 Å². The monoisotopic (exact) mass is 394 g/mol. The van der Waals surface area contributed by atoms with Gasteiger partial charge < -0.3 is 14.7 Å². The standard InChI is InChI=1S/C20H20N4O3.CH2O/c25-19-5-3-1-2-4-12-23(19)15-8-6-14(7-9-15)20-21-17-11-10-16(24(26)27)13-18(17)22-20;1-2/h6-11,13H,1-5,12H2,(H,21,22);1H2. The lowest BCUT2D eigenvalue weighted by atomic mass is 10.1. The summed E-state index contributed by atoms with van der Waals surface area (Å²) in [7, 11) is 0. The Kier molecular flexibility index (Phi) is 6.33. The van der Waals surface area contributed by atoms with Gasteiger partial charge in [-0.1, -0.05) is 12.8 Å². The molecule has 1 N–H and O–H groups in total. The van der Waals surface area contributed by atoms with Crippen molar-refractivity contribution in [3.8, 4) is 11.4 Å². The maximum atomic E-state index is 12.4. The average Bonchev–Trinajstić information content (AvgIpc) is 3.16. The van der Waals surface area contributed by atoms with Crippen LogP contribution in [0.5, 0.6) is 0 Å². The van der Waals surface area contributed by atoms with Crippen LogP contribution in [-0.4, -0.2) is 34.1 Å². The summed E-state index contributed by atoms with van der Waals surface area (Å²) in [6.45, 7) is 2.76. The number of H-pyrrole nitrogens is 1. The first-order chi connectivity index (χ1) is 14.1. The number of aromatic nitrogens is 2. The molecule has 1 aromatic heterocycles. The number of nitro groups is 1. The number of nitro benzene ring substituents is 1. The van der Waals surface area contributed by atoms with Crippen LogP contribution in [0.4, 0.5) is 11.4 Å². The Hall–Kier alpha value is -3.55. The number of anilines is 1. The van der Waals surface area contributed by atoms with Crippen LogP contribution in [0.15, 0.2) is 42.5 Å². The Morgan fingerprint density at radius 2 is 1.76 bits per heavy atom. The molecule has 2 aromatic carbocycles. The predicted molar refractivity (Wildman–Crippen MR) is 111 cm³/mol. The van der Waals surface area contributed by atoms with Gasteiger partial charge in [-0.15, -0.1) is 0 Å². The van der Waals surface area contributed by atoms with Crippen molar-refractivity contribution in [3.63, 3.8) is 0 Å². The molecule has 4 rings (SSSR count). The van der Waals surface area contributed by atoms with Crippen molar-refractivity contribution in [2.24, 2.45) is 0 Å². The first-order valence-corrected chi connectivity index (χ1v) is 9.46. The maximum absolute atomic E-state index is 12.4. The van der Waals surface area contributed by atoms with Gasteiger partial charge in [-0.05, 0) is 43.2 Å². The number of fused-ring (bicyclic) bond motifs is 1. The first kappa shape index (κ1) is 20.2. The minimum atomic E-state index is -0.421. The van der Waals surface area contributed by atoms with Gasteiger partial charge in [-0.2, -0.15) is 0 Å². The van der Waals surface area contributed by atoms with E-state index >= 15 is 0 Å². The van der Waals surface area contributed by atoms with Crippen molar-refractivity contribution < 1.29 is 14.5 Å². The molecule has 3 aromatic rings. The van der Waals surface area contributed by atoms with Crippen molar-refractivity contribution in [3.05, 3.63) is 52.6 Å². The molecule has 2 heterocycles. The van der Waals surface area contributed by atoms with Crippen LogP contribution in [0.25, 0.3) is 22.4 Å². The number of rotatable bonds is 3. The van der Waals surface area contributed by atoms with E-state index in [0.29, 0.717) is 23.3 Å². The number of imidazole rings is 1. The molecule has 8 heteroatoms. The third kappa shape index (κ3) is 4.48. The van der Waals surface area contributed by atoms with Crippen LogP contribution < -0.4 is 4.90 Å². The van der Waals surface area contributed by atoms with E-state index in [1.54, 1.807) is 6.07 Å². The highest BCUT2D eigenvalue weighted by molar-refractivity contribution is 5.93. The number of nitrogens with zero attached hydrogens (tertiary/aromatic N) is 3. The van der Waals surface area contributed by atoms with Gasteiger partial charge in [0.15, 0.2) is 0 Å². The Morgan fingerprint density at radius 1 is 1.03 bits per heavy atom. The Bertz CT molecular complexity index is 1010. The van der Waals surface area contributed by atoms with Gasteiger partial charge in [0.05, 0.1) is 16.0 Å². The topological polar surface area (TPSA) is 109 Å². The maximum Gasteiger partial charge on any atom is 0.271 e. The lowest BCUT2D eigenvalue weighted by Gasteiger charge is -2.25. The zero-order valence-electron chi connectivity index (χ0n) is 16.0. The van der Waals surface area contributed by atoms with Crippen LogP contribution >= 0.6 is 0 Å². The van der Waals surface area contributed by atoms with E-state index in [2.05, 4.69) is 9.97 Å². The lowest BCUT2D eigenvalue weighted by Crippen LogP contribution is -2.32. The van der Waals surface area contributed by atoms with Crippen molar-refractivity contribution in [2.45, 2.75) is 32.1 Å². The number of amides is 1. The summed E-state index contributed by atoms with van der Waals surface area (Å²) < 4.78 is 0. The summed E-state index contributed by atoms with van der Waals surface area (Å²) in [4.78, 5) is 40.4. The van der Waals surface area contributed by atoms with E-state index in [1.807, 2.05) is 36.0 Å². The minimum Gasteiger partial charge on any atom is -0.338 e. The third-order valence-corrected chi connectivity index (χ3v) is 4.95. The molecule has 1 aliphatic heterocycles. The molecule has 1 aliphatic rings. The molecule has 8 nitrogen and oxygen atoms in total. The van der Waals surface area contributed by atoms with Crippen LogP contribution in [0.1, 0.15) is 32.1 Å². The van der Waals surface area contributed by atoms with Gasteiger partial charge >= 0.3 is 0 Å². The number of nitrogens with one attached hydrogen (secondary N) is 1. The summed E-state index contributed by atoms with van der Waals surface area (Å²) in [6, 6.07) is 12.3. The fraction of sp³-hybridized carbons (Fsp3) is 0.286. The summed E-state index contributed by atoms with van der Waals surface area (Å²) in [5.41, 5.74) is 3.11. The molecular formula is C21H22N4O4. The lowest BCUT2D eigenvalue weighted by molar-refractivity contribution is -0.384. The zero-order chi connectivity index (χ0) is 20.8. The molecule has 1 fully saturated rings. The van der Waals surface area contributed by atoms with Gasteiger partial charge in [0, 0.05) is 36.3 Å². The van der Waals surface area contributed by atoms with E-state index in [0.717, 1.165) is 43.5 Å². The van der Waals surface area contributed by atoms with E-state index in [-0.39, 0.29) is 11.6 Å². The van der Waals surface area contributed by atoms with Crippen LogP contribution in [0, 0.1) is 10.1 Å². The smallest absolute Gasteiger partial charge is 0.271 e. The number of non-ortho nitro benzene ring substituents is 1. The number of carbonyl (C=O) groups is 2. The third-order valence-electron chi connectivity index (χ3n) is 4.95.